The highest BCUT2D eigenvalue weighted by molar-refractivity contribution is 5.44. The second-order valence-electron chi connectivity index (χ2n) is 3.54. The molecule has 2 rings (SSSR count). The Morgan fingerprint density at radius 3 is 2.28 bits per heavy atom. The second kappa shape index (κ2) is 9.52. The maximum Gasteiger partial charge on any atom is 0.0551 e. The summed E-state index contributed by atoms with van der Waals surface area (Å²) >= 11 is 0. The van der Waals surface area contributed by atoms with Crippen molar-refractivity contribution in [2.75, 3.05) is 0 Å². The van der Waals surface area contributed by atoms with Crippen LogP contribution in [0, 0.1) is 5.92 Å². The van der Waals surface area contributed by atoms with Crippen LogP contribution in [0.25, 0.3) is 0 Å². The molecule has 0 amide bonds. The molecule has 0 saturated carbocycles. The van der Waals surface area contributed by atoms with Gasteiger partial charge in [-0.15, -0.1) is 0 Å². The second-order valence-corrected chi connectivity index (χ2v) is 3.54. The third-order valence-corrected chi connectivity index (χ3v) is 2.68. The van der Waals surface area contributed by atoms with Crippen molar-refractivity contribution in [1.29, 1.82) is 0 Å². The molecule has 1 nitrogen and oxygen atoms in total. The maximum absolute atomic E-state index is 3.88. The summed E-state index contributed by atoms with van der Waals surface area (Å²) in [5, 5.41) is 3.48. The Balaban J connectivity index is 0.000000659. The van der Waals surface area contributed by atoms with Gasteiger partial charge in [-0.2, -0.15) is 0 Å². The molecule has 1 N–H and O–H groups in total. The Hall–Kier alpha value is -1.50. The first-order valence-electron chi connectivity index (χ1n) is 6.97. The minimum atomic E-state index is 0.416. The summed E-state index contributed by atoms with van der Waals surface area (Å²) in [7, 11) is 0. The van der Waals surface area contributed by atoms with Crippen molar-refractivity contribution >= 4 is 0 Å². The number of nitrogens with one attached hydrogen (secondary N) is 1. The van der Waals surface area contributed by atoms with Crippen molar-refractivity contribution in [3.05, 3.63) is 60.4 Å². The Morgan fingerprint density at radius 1 is 1.11 bits per heavy atom. The van der Waals surface area contributed by atoms with Gasteiger partial charge in [0.15, 0.2) is 0 Å². The molecule has 18 heavy (non-hydrogen) atoms. The molecule has 0 aromatic rings. The zero-order valence-electron chi connectivity index (χ0n) is 12.4. The third-order valence-electron chi connectivity index (χ3n) is 2.68. The van der Waals surface area contributed by atoms with Gasteiger partial charge < -0.3 is 5.32 Å². The number of allylic oxidation sites excluding steroid dienone is 5. The highest BCUT2D eigenvalue weighted by Gasteiger charge is 2.28. The highest BCUT2D eigenvalue weighted by atomic mass is 15.0. The van der Waals surface area contributed by atoms with Crippen molar-refractivity contribution in [2.24, 2.45) is 5.92 Å². The molecule has 0 aromatic carbocycles. The van der Waals surface area contributed by atoms with Gasteiger partial charge in [-0.3, -0.25) is 0 Å². The summed E-state index contributed by atoms with van der Waals surface area (Å²) in [6.45, 7) is 13.9. The number of hydrogen-bond donors (Lipinski definition) is 1. The zero-order valence-corrected chi connectivity index (χ0v) is 12.4. The van der Waals surface area contributed by atoms with Gasteiger partial charge in [0.25, 0.3) is 0 Å². The number of hydrogen-bond acceptors (Lipinski definition) is 1. The van der Waals surface area contributed by atoms with Crippen LogP contribution in [-0.2, 0) is 0 Å². The monoisotopic (exact) mass is 245 g/mol. The normalized spacial score (nSPS) is 23.6. The van der Waals surface area contributed by atoms with E-state index in [2.05, 4.69) is 48.4 Å². The van der Waals surface area contributed by atoms with E-state index >= 15 is 0 Å². The van der Waals surface area contributed by atoms with Gasteiger partial charge in [-0.1, -0.05) is 70.7 Å². The summed E-state index contributed by atoms with van der Waals surface area (Å²) < 4.78 is 0. The van der Waals surface area contributed by atoms with Crippen molar-refractivity contribution in [3.8, 4) is 0 Å². The molecule has 1 heteroatoms. The number of fused-ring (bicyclic) bond motifs is 1. The van der Waals surface area contributed by atoms with E-state index in [-0.39, 0.29) is 0 Å². The Bertz CT molecular complexity index is 356. The lowest BCUT2D eigenvalue weighted by atomic mass is 9.91. The van der Waals surface area contributed by atoms with E-state index in [0.717, 1.165) is 0 Å². The molecule has 0 radical (unpaired) electrons. The largest absolute Gasteiger partial charge is 0.378 e. The first-order valence-corrected chi connectivity index (χ1v) is 6.97. The van der Waals surface area contributed by atoms with Gasteiger partial charge in [-0.25, -0.2) is 0 Å². The summed E-state index contributed by atoms with van der Waals surface area (Å²) in [6.07, 6.45) is 14.7. The fourth-order valence-corrected chi connectivity index (χ4v) is 2.04. The molecular weight excluding hydrogens is 218 g/mol. The quantitative estimate of drug-likeness (QED) is 0.739. The van der Waals surface area contributed by atoms with Crippen LogP contribution in [0.15, 0.2) is 60.4 Å². The molecule has 0 spiro atoms. The van der Waals surface area contributed by atoms with Crippen LogP contribution in [0.4, 0.5) is 0 Å². The number of rotatable bonds is 2. The van der Waals surface area contributed by atoms with Gasteiger partial charge in [0.05, 0.1) is 6.04 Å². The van der Waals surface area contributed by atoms with Crippen LogP contribution in [0.2, 0.25) is 0 Å². The molecule has 0 bridgehead atoms. The van der Waals surface area contributed by atoms with E-state index in [1.807, 2.05) is 40.7 Å². The van der Waals surface area contributed by atoms with E-state index < -0.39 is 0 Å². The zero-order chi connectivity index (χ0) is 14.0. The summed E-state index contributed by atoms with van der Waals surface area (Å²) in [6, 6.07) is 0.416. The Labute approximate surface area is 113 Å². The van der Waals surface area contributed by atoms with Gasteiger partial charge in [0.2, 0.25) is 0 Å². The fourth-order valence-electron chi connectivity index (χ4n) is 2.04. The maximum atomic E-state index is 3.88. The van der Waals surface area contributed by atoms with Crippen LogP contribution >= 0.6 is 0 Å². The lowest BCUT2D eigenvalue weighted by Crippen LogP contribution is -2.26. The molecular formula is C17H27N. The van der Waals surface area contributed by atoms with E-state index in [4.69, 9.17) is 0 Å². The molecule has 0 fully saturated rings. The molecule has 2 aliphatic rings. The fraction of sp³-hybridized carbons (Fsp3) is 0.412. The smallest absolute Gasteiger partial charge is 0.0551 e. The van der Waals surface area contributed by atoms with Crippen LogP contribution in [0.3, 0.4) is 0 Å². The minimum Gasteiger partial charge on any atom is -0.378 e. The molecule has 0 aromatic heterocycles. The molecule has 100 valence electrons. The van der Waals surface area contributed by atoms with Crippen molar-refractivity contribution in [3.63, 3.8) is 0 Å². The van der Waals surface area contributed by atoms with E-state index in [1.165, 1.54) is 11.3 Å². The molecule has 0 saturated heterocycles. The van der Waals surface area contributed by atoms with E-state index in [0.29, 0.717) is 12.0 Å². The van der Waals surface area contributed by atoms with Crippen LogP contribution in [0.1, 0.15) is 34.6 Å². The van der Waals surface area contributed by atoms with Crippen molar-refractivity contribution in [2.45, 2.75) is 40.7 Å². The predicted octanol–water partition coefficient (Wildman–Crippen LogP) is 4.77. The molecule has 1 aliphatic heterocycles. The lowest BCUT2D eigenvalue weighted by Gasteiger charge is -2.17. The topological polar surface area (TPSA) is 12.0 Å². The van der Waals surface area contributed by atoms with E-state index in [1.54, 1.807) is 0 Å². The summed E-state index contributed by atoms with van der Waals surface area (Å²) in [5.74, 6) is 0.462. The minimum absolute atomic E-state index is 0.416. The predicted molar refractivity (Wildman–Crippen MR) is 83.4 cm³/mol. The van der Waals surface area contributed by atoms with Crippen molar-refractivity contribution < 1.29 is 0 Å². The first kappa shape index (κ1) is 16.5. The highest BCUT2D eigenvalue weighted by Crippen LogP contribution is 2.31. The Kier molecular flexibility index (Phi) is 8.73. The van der Waals surface area contributed by atoms with Gasteiger partial charge in [0.1, 0.15) is 0 Å². The average molecular weight is 245 g/mol. The van der Waals surface area contributed by atoms with Gasteiger partial charge >= 0.3 is 0 Å². The third kappa shape index (κ3) is 3.76. The van der Waals surface area contributed by atoms with Crippen LogP contribution < -0.4 is 5.32 Å². The molecule has 1 aliphatic carbocycles. The molecule has 1 heterocycles. The summed E-state index contributed by atoms with van der Waals surface area (Å²) in [4.78, 5) is 0. The average Bonchev–Trinajstić information content (AvgIpc) is 2.81. The molecule has 2 atom stereocenters. The standard InChI is InChI=1S/C13H15N.2C2H6/c1-3-7-12-10(4-2)11-8-5-6-9-13(11)14-12;2*1-2/h3-9,11,13-14H,2H2,1H3;2*1-2H3/b7-3-;;. The SMILES string of the molecule is C=CC1=C(/C=C\C)NC2C=CC=CC12.CC.CC. The van der Waals surface area contributed by atoms with Gasteiger partial charge in [0, 0.05) is 11.6 Å². The first-order chi connectivity index (χ1) is 8.86. The Morgan fingerprint density at radius 2 is 1.72 bits per heavy atom. The lowest BCUT2D eigenvalue weighted by molar-refractivity contribution is 0.633. The van der Waals surface area contributed by atoms with Crippen LogP contribution in [0.5, 0.6) is 0 Å². The van der Waals surface area contributed by atoms with Crippen molar-refractivity contribution in [1.82, 2.24) is 5.32 Å². The summed E-state index contributed by atoms with van der Waals surface area (Å²) in [5.41, 5.74) is 2.50. The molecule has 2 unspecified atom stereocenters. The van der Waals surface area contributed by atoms with E-state index in [9.17, 15) is 0 Å². The van der Waals surface area contributed by atoms with Crippen LogP contribution in [-0.4, -0.2) is 6.04 Å². The van der Waals surface area contributed by atoms with Gasteiger partial charge in [-0.05, 0) is 18.6 Å².